The zero-order chi connectivity index (χ0) is 4.50. The Morgan fingerprint density at radius 3 is 1.43 bits per heavy atom. The van der Waals surface area contributed by atoms with E-state index in [1.807, 2.05) is 0 Å². The van der Waals surface area contributed by atoms with Crippen LogP contribution < -0.4 is 0 Å². The van der Waals surface area contributed by atoms with Crippen molar-refractivity contribution in [3.63, 3.8) is 0 Å². The summed E-state index contributed by atoms with van der Waals surface area (Å²) in [5, 5.41) is 0. The average Bonchev–Trinajstić information content (AvgIpc) is 0.722. The Kier molecular flexibility index (Phi) is 12.4. The Balaban J connectivity index is -0.0000000800. The van der Waals surface area contributed by atoms with E-state index in [0.29, 0.717) is 0 Å². The molecule has 0 aromatic carbocycles. The number of hydrogen-bond acceptors (Lipinski definition) is 2. The van der Waals surface area contributed by atoms with Crippen LogP contribution in [0.5, 0.6) is 0 Å². The molecule has 4 nitrogen and oxygen atoms in total. The van der Waals surface area contributed by atoms with Gasteiger partial charge in [-0.3, -0.25) is 0 Å². The Morgan fingerprint density at radius 2 is 1.43 bits per heavy atom. The van der Waals surface area contributed by atoms with Crippen LogP contribution in [0.2, 0.25) is 0 Å². The molecule has 0 aromatic rings. The third-order valence-electron chi connectivity index (χ3n) is 0. The molecule has 0 bridgehead atoms. The third kappa shape index (κ3) is 111. The first-order valence-corrected chi connectivity index (χ1v) is 4.39. The quantitative estimate of drug-likeness (QED) is 0.341. The van der Waals surface area contributed by atoms with Crippen molar-refractivity contribution in [3.05, 3.63) is 0 Å². The molecule has 0 aliphatic carbocycles. The standard InChI is InChI=1S/Na.H2O3SSe.H2O.H/c;1-4(2,3)5;;/h;(H2,1,2,3,5);1H2;. The van der Waals surface area contributed by atoms with E-state index in [9.17, 15) is 0 Å². The summed E-state index contributed by atoms with van der Waals surface area (Å²) in [5.41, 5.74) is 0. The van der Waals surface area contributed by atoms with Gasteiger partial charge in [0.25, 0.3) is 0 Å². The van der Waals surface area contributed by atoms with Crippen molar-refractivity contribution >= 4 is 53.0 Å². The van der Waals surface area contributed by atoms with E-state index < -0.39 is 8.54 Å². The van der Waals surface area contributed by atoms with Crippen molar-refractivity contribution < 1.29 is 18.4 Å². The van der Waals surface area contributed by atoms with E-state index in [-0.39, 0.29) is 35.0 Å². The SMILES string of the molecule is O.O=S(=O)(O)[SeH].[NaH]. The summed E-state index contributed by atoms with van der Waals surface area (Å²) in [6, 6.07) is 0. The summed E-state index contributed by atoms with van der Waals surface area (Å²) in [7, 11) is -3.73. The van der Waals surface area contributed by atoms with Gasteiger partial charge in [0.1, 0.15) is 0 Å². The molecule has 0 radical (unpaired) electrons. The van der Waals surface area contributed by atoms with Crippen LogP contribution in [0.4, 0.5) is 0 Å². The van der Waals surface area contributed by atoms with Gasteiger partial charge in [-0.2, -0.15) is 0 Å². The molecular weight excluding hydrogens is 198 g/mol. The second-order valence-corrected chi connectivity index (χ2v) is 4.25. The molecule has 7 heavy (non-hydrogen) atoms. The fraction of sp³-hybridized carbons (Fsp3) is 0. The predicted molar refractivity (Wildman–Crippen MR) is 29.5 cm³/mol. The van der Waals surface area contributed by atoms with Crippen LogP contribution in [0.1, 0.15) is 0 Å². The molecule has 0 saturated carbocycles. The van der Waals surface area contributed by atoms with Gasteiger partial charge in [-0.25, -0.2) is 0 Å². The van der Waals surface area contributed by atoms with Crippen LogP contribution in [0, 0.1) is 0 Å². The van der Waals surface area contributed by atoms with Crippen LogP contribution in [0.3, 0.4) is 0 Å². The molecule has 0 aliphatic rings. The molecule has 0 atom stereocenters. The topological polar surface area (TPSA) is 85.9 Å². The molecule has 7 heteroatoms. The number of hydrogen-bond donors (Lipinski definition) is 1. The first-order chi connectivity index (χ1) is 2.00. The predicted octanol–water partition coefficient (Wildman–Crippen LogP) is -2.78. The fourth-order valence-electron chi connectivity index (χ4n) is 0. The normalized spacial score (nSPS) is 8.29. The average molecular weight is 203 g/mol. The zero-order valence-corrected chi connectivity index (χ0v) is 5.31. The second-order valence-electron chi connectivity index (χ2n) is 0.448. The molecule has 0 aliphatic heterocycles. The summed E-state index contributed by atoms with van der Waals surface area (Å²) in [5.74, 6) is 0. The molecule has 0 heterocycles. The van der Waals surface area contributed by atoms with Gasteiger partial charge in [-0.1, -0.05) is 0 Å². The number of rotatable bonds is 0. The minimum absolute atomic E-state index is 0. The van der Waals surface area contributed by atoms with Crippen LogP contribution in [-0.4, -0.2) is 62.9 Å². The zero-order valence-electron chi connectivity index (χ0n) is 2.62. The molecule has 0 rings (SSSR count). The third-order valence-corrected chi connectivity index (χ3v) is 0. The van der Waals surface area contributed by atoms with Crippen molar-refractivity contribution in [1.82, 2.24) is 0 Å². The van der Waals surface area contributed by atoms with Crippen LogP contribution in [-0.2, 0) is 8.54 Å². The molecular formula is H5NaO4SSe. The van der Waals surface area contributed by atoms with Crippen molar-refractivity contribution in [2.45, 2.75) is 0 Å². The fourth-order valence-corrected chi connectivity index (χ4v) is 0. The maximum absolute atomic E-state index is 9.16. The van der Waals surface area contributed by atoms with Gasteiger partial charge < -0.3 is 5.48 Å². The Hall–Kier alpha value is 1.39. The molecule has 0 saturated heterocycles. The monoisotopic (exact) mass is 204 g/mol. The van der Waals surface area contributed by atoms with Gasteiger partial charge in [0.2, 0.25) is 0 Å². The van der Waals surface area contributed by atoms with Gasteiger partial charge in [-0.15, -0.1) is 0 Å². The molecule has 0 spiro atoms. The second kappa shape index (κ2) is 5.52. The van der Waals surface area contributed by atoms with E-state index in [0.717, 1.165) is 14.9 Å². The molecule has 42 valence electrons. The Labute approximate surface area is 70.9 Å². The molecule has 0 unspecified atom stereocenters. The van der Waals surface area contributed by atoms with Crippen LogP contribution in [0.15, 0.2) is 0 Å². The van der Waals surface area contributed by atoms with E-state index >= 15 is 0 Å². The van der Waals surface area contributed by atoms with Gasteiger partial charge in [-0.05, 0) is 0 Å². The summed E-state index contributed by atoms with van der Waals surface area (Å²) >= 11 is 1.11. The van der Waals surface area contributed by atoms with Gasteiger partial charge in [0.05, 0.1) is 0 Å². The molecule has 3 N–H and O–H groups in total. The first kappa shape index (κ1) is 15.8. The summed E-state index contributed by atoms with van der Waals surface area (Å²) in [4.78, 5) is 0. The summed E-state index contributed by atoms with van der Waals surface area (Å²) in [6.07, 6.45) is 0. The summed E-state index contributed by atoms with van der Waals surface area (Å²) in [6.45, 7) is 0. The molecule has 0 aromatic heterocycles. The molecule has 0 amide bonds. The van der Waals surface area contributed by atoms with Gasteiger partial charge in [0.15, 0.2) is 0 Å². The van der Waals surface area contributed by atoms with Crippen LogP contribution >= 0.6 is 0 Å². The first-order valence-electron chi connectivity index (χ1n) is 0.698. The van der Waals surface area contributed by atoms with Crippen molar-refractivity contribution in [1.29, 1.82) is 0 Å². The van der Waals surface area contributed by atoms with Crippen molar-refractivity contribution in [2.24, 2.45) is 0 Å². The van der Waals surface area contributed by atoms with Gasteiger partial charge >= 0.3 is 66.0 Å². The Bertz CT molecular complexity index is 94.9. The summed E-state index contributed by atoms with van der Waals surface area (Å²) < 4.78 is 25.8. The van der Waals surface area contributed by atoms with E-state index in [1.165, 1.54) is 0 Å². The van der Waals surface area contributed by atoms with Crippen LogP contribution in [0.25, 0.3) is 0 Å². The van der Waals surface area contributed by atoms with E-state index in [1.54, 1.807) is 0 Å². The molecule has 0 fully saturated rings. The maximum atomic E-state index is 9.16. The Morgan fingerprint density at radius 1 is 1.43 bits per heavy atom. The van der Waals surface area contributed by atoms with Gasteiger partial charge in [0, 0.05) is 0 Å². The van der Waals surface area contributed by atoms with Crippen molar-refractivity contribution in [2.75, 3.05) is 0 Å². The van der Waals surface area contributed by atoms with E-state index in [2.05, 4.69) is 0 Å². The van der Waals surface area contributed by atoms with Crippen molar-refractivity contribution in [3.8, 4) is 0 Å². The van der Waals surface area contributed by atoms with E-state index in [4.69, 9.17) is 13.0 Å². The minimum atomic E-state index is -3.73.